The van der Waals surface area contributed by atoms with Gasteiger partial charge in [-0.15, -0.1) is 0 Å². The maximum Gasteiger partial charge on any atom is 0.416 e. The van der Waals surface area contributed by atoms with Crippen LogP contribution >= 0.6 is 0 Å². The Kier molecular flexibility index (Phi) is 4.87. The number of methoxy groups -OCH3 is 1. The van der Waals surface area contributed by atoms with Crippen LogP contribution in [0.3, 0.4) is 0 Å². The summed E-state index contributed by atoms with van der Waals surface area (Å²) >= 11 is 0. The van der Waals surface area contributed by atoms with Crippen LogP contribution in [0.4, 0.5) is 13.2 Å². The van der Waals surface area contributed by atoms with E-state index in [0.717, 1.165) is 61.1 Å². The Morgan fingerprint density at radius 2 is 1.79 bits per heavy atom. The van der Waals surface area contributed by atoms with Crippen LogP contribution in [-0.2, 0) is 19.1 Å². The molecule has 0 radical (unpaired) electrons. The van der Waals surface area contributed by atoms with Gasteiger partial charge in [0.05, 0.1) is 19.2 Å². The quantitative estimate of drug-likeness (QED) is 0.566. The topological polar surface area (TPSA) is 18.0 Å². The number of rotatable bonds is 3. The van der Waals surface area contributed by atoms with Crippen LogP contribution < -0.4 is 9.30 Å². The summed E-state index contributed by atoms with van der Waals surface area (Å²) in [6.45, 7) is 0.864. The van der Waals surface area contributed by atoms with Crippen molar-refractivity contribution in [1.29, 1.82) is 0 Å². The van der Waals surface area contributed by atoms with Crippen LogP contribution in [0.1, 0.15) is 30.7 Å². The molecule has 0 fully saturated rings. The highest BCUT2D eigenvalue weighted by Crippen LogP contribution is 2.31. The summed E-state index contributed by atoms with van der Waals surface area (Å²) in [6, 6.07) is 13.3. The van der Waals surface area contributed by atoms with Gasteiger partial charge in [-0.3, -0.25) is 0 Å². The van der Waals surface area contributed by atoms with Gasteiger partial charge in [-0.1, -0.05) is 6.07 Å². The van der Waals surface area contributed by atoms with E-state index in [4.69, 9.17) is 4.74 Å². The van der Waals surface area contributed by atoms with E-state index in [0.29, 0.717) is 5.69 Å². The summed E-state index contributed by atoms with van der Waals surface area (Å²) in [5.41, 5.74) is 1.95. The molecule has 0 spiro atoms. The molecule has 1 aromatic heterocycles. The van der Waals surface area contributed by atoms with Crippen molar-refractivity contribution in [1.82, 2.24) is 4.57 Å². The average molecular weight is 387 g/mol. The Balaban J connectivity index is 1.85. The second kappa shape index (κ2) is 7.34. The Morgan fingerprint density at radius 1 is 1.00 bits per heavy atom. The molecule has 6 heteroatoms. The van der Waals surface area contributed by atoms with E-state index in [1.54, 1.807) is 13.2 Å². The fourth-order valence-corrected chi connectivity index (χ4v) is 3.82. The van der Waals surface area contributed by atoms with E-state index in [1.807, 2.05) is 35.0 Å². The number of imidazole rings is 1. The molecule has 1 aliphatic heterocycles. The number of nitrogens with zero attached hydrogens (tertiary/aromatic N) is 2. The minimum atomic E-state index is -4.36. The van der Waals surface area contributed by atoms with Gasteiger partial charge in [-0.2, -0.15) is 17.7 Å². The second-order valence-electron chi connectivity index (χ2n) is 7.04. The van der Waals surface area contributed by atoms with E-state index in [2.05, 4.69) is 4.57 Å². The lowest BCUT2D eigenvalue weighted by atomic mass is 10.1. The molecule has 0 saturated carbocycles. The number of alkyl halides is 3. The van der Waals surface area contributed by atoms with Gasteiger partial charge < -0.3 is 4.74 Å². The van der Waals surface area contributed by atoms with Crippen molar-refractivity contribution in [3.8, 4) is 22.7 Å². The lowest BCUT2D eigenvalue weighted by molar-refractivity contribution is -0.692. The number of hydrogen-bond acceptors (Lipinski definition) is 1. The molecule has 3 aromatic rings. The summed E-state index contributed by atoms with van der Waals surface area (Å²) in [5.74, 6) is 1.82. The van der Waals surface area contributed by atoms with Crippen molar-refractivity contribution in [3.05, 3.63) is 66.1 Å². The average Bonchev–Trinajstić information content (AvgIpc) is 2.88. The van der Waals surface area contributed by atoms with Crippen LogP contribution in [0.2, 0.25) is 0 Å². The number of fused-ring (bicyclic) bond motifs is 1. The van der Waals surface area contributed by atoms with Crippen molar-refractivity contribution >= 4 is 0 Å². The zero-order valence-corrected chi connectivity index (χ0v) is 15.7. The van der Waals surface area contributed by atoms with Gasteiger partial charge in [0.25, 0.3) is 5.82 Å². The highest BCUT2D eigenvalue weighted by molar-refractivity contribution is 5.58. The Morgan fingerprint density at radius 3 is 2.50 bits per heavy atom. The first-order chi connectivity index (χ1) is 13.5. The lowest BCUT2D eigenvalue weighted by Crippen LogP contribution is -2.38. The largest absolute Gasteiger partial charge is 0.497 e. The molecule has 0 atom stereocenters. The van der Waals surface area contributed by atoms with Crippen molar-refractivity contribution in [2.24, 2.45) is 0 Å². The van der Waals surface area contributed by atoms with Crippen LogP contribution in [-0.4, -0.2) is 11.7 Å². The third-order valence-electron chi connectivity index (χ3n) is 5.25. The smallest absolute Gasteiger partial charge is 0.416 e. The van der Waals surface area contributed by atoms with Crippen LogP contribution in [0.25, 0.3) is 16.9 Å². The molecule has 0 N–H and O–H groups in total. The minimum Gasteiger partial charge on any atom is -0.497 e. The Labute approximate surface area is 162 Å². The maximum atomic E-state index is 13.2. The van der Waals surface area contributed by atoms with Crippen LogP contribution in [0, 0.1) is 0 Å². The molecule has 3 nitrogen and oxygen atoms in total. The second-order valence-corrected chi connectivity index (χ2v) is 7.04. The van der Waals surface area contributed by atoms with Gasteiger partial charge in [0.1, 0.15) is 17.6 Å². The zero-order chi connectivity index (χ0) is 19.7. The van der Waals surface area contributed by atoms with Gasteiger partial charge in [0, 0.05) is 12.0 Å². The fourth-order valence-electron chi connectivity index (χ4n) is 3.82. The van der Waals surface area contributed by atoms with Crippen LogP contribution in [0.15, 0.2) is 54.7 Å². The molecule has 4 rings (SSSR count). The Hall–Kier alpha value is -2.76. The third kappa shape index (κ3) is 3.51. The summed E-state index contributed by atoms with van der Waals surface area (Å²) in [5, 5.41) is 0. The van der Waals surface area contributed by atoms with Gasteiger partial charge >= 0.3 is 6.18 Å². The first-order valence-corrected chi connectivity index (χ1v) is 9.43. The monoisotopic (exact) mass is 387 g/mol. The molecule has 2 aromatic carbocycles. The van der Waals surface area contributed by atoms with Crippen molar-refractivity contribution in [2.75, 3.05) is 7.11 Å². The number of benzene rings is 2. The highest BCUT2D eigenvalue weighted by Gasteiger charge is 2.32. The van der Waals surface area contributed by atoms with Gasteiger partial charge in [-0.05, 0) is 61.7 Å². The molecular weight excluding hydrogens is 365 g/mol. The minimum absolute atomic E-state index is 0.542. The van der Waals surface area contributed by atoms with Crippen LogP contribution in [0.5, 0.6) is 5.75 Å². The first-order valence-electron chi connectivity index (χ1n) is 9.43. The normalized spacial score (nSPS) is 14.4. The maximum absolute atomic E-state index is 13.2. The predicted octanol–water partition coefficient (Wildman–Crippen LogP) is 5.19. The highest BCUT2D eigenvalue weighted by atomic mass is 19.4. The van der Waals surface area contributed by atoms with E-state index < -0.39 is 11.7 Å². The van der Waals surface area contributed by atoms with Gasteiger partial charge in [0.2, 0.25) is 0 Å². The molecule has 146 valence electrons. The van der Waals surface area contributed by atoms with E-state index in [9.17, 15) is 13.2 Å². The van der Waals surface area contributed by atoms with Crippen molar-refractivity contribution in [3.63, 3.8) is 0 Å². The number of hydrogen-bond donors (Lipinski definition) is 0. The van der Waals surface area contributed by atoms with Crippen molar-refractivity contribution < 1.29 is 22.5 Å². The molecular formula is C22H22F3N2O+. The number of aromatic nitrogens is 2. The Bertz CT molecular complexity index is 974. The lowest BCUT2D eigenvalue weighted by Gasteiger charge is -2.08. The van der Waals surface area contributed by atoms with E-state index >= 15 is 0 Å². The third-order valence-corrected chi connectivity index (χ3v) is 5.25. The summed E-state index contributed by atoms with van der Waals surface area (Å²) in [4.78, 5) is 0. The molecule has 0 unspecified atom stereocenters. The molecule has 1 aliphatic rings. The van der Waals surface area contributed by atoms with Crippen molar-refractivity contribution in [2.45, 2.75) is 38.4 Å². The summed E-state index contributed by atoms with van der Waals surface area (Å²) in [7, 11) is 1.62. The SMILES string of the molecule is COc1ccc(-c2cn(-c3cccc(C(F)(F)F)c3)c3[n+]2CCCCC3)cc1. The van der Waals surface area contributed by atoms with E-state index in [1.165, 1.54) is 12.1 Å². The van der Waals surface area contributed by atoms with Gasteiger partial charge in [0.15, 0.2) is 5.69 Å². The summed E-state index contributed by atoms with van der Waals surface area (Å²) in [6.07, 6.45) is 1.65. The molecule has 0 amide bonds. The predicted molar refractivity (Wildman–Crippen MR) is 101 cm³/mol. The standard InChI is InChI=1S/C22H22F3N2O/c1-28-19-11-9-16(10-12-19)20-15-27(21-8-3-2-4-13-26(20)21)18-7-5-6-17(14-18)22(23,24)25/h5-7,9-12,14-15H,2-4,8,13H2,1H3/q+1. The molecule has 0 bridgehead atoms. The molecule has 28 heavy (non-hydrogen) atoms. The number of ether oxygens (including phenoxy) is 1. The number of halogens is 3. The molecule has 0 saturated heterocycles. The summed E-state index contributed by atoms with van der Waals surface area (Å²) < 4.78 is 49.0. The molecule has 0 aliphatic carbocycles. The van der Waals surface area contributed by atoms with E-state index in [-0.39, 0.29) is 0 Å². The zero-order valence-electron chi connectivity index (χ0n) is 15.7. The fraction of sp³-hybridized carbons (Fsp3) is 0.318. The van der Waals surface area contributed by atoms with Gasteiger partial charge in [-0.25, -0.2) is 4.57 Å². The first kappa shape index (κ1) is 18.6. The molecule has 2 heterocycles.